The highest BCUT2D eigenvalue weighted by molar-refractivity contribution is 5.87. The van der Waals surface area contributed by atoms with Crippen molar-refractivity contribution in [2.45, 2.75) is 32.9 Å². The molecule has 0 saturated carbocycles. The monoisotopic (exact) mass is 302 g/mol. The third-order valence-corrected chi connectivity index (χ3v) is 3.93. The predicted octanol–water partition coefficient (Wildman–Crippen LogP) is 2.45. The zero-order valence-electron chi connectivity index (χ0n) is 12.3. The molecular weight excluding hydrogens is 284 g/mol. The molecule has 1 aromatic carbocycles. The Kier molecular flexibility index (Phi) is 3.75. The topological polar surface area (TPSA) is 84.6 Å². The molecule has 0 aliphatic carbocycles. The van der Waals surface area contributed by atoms with Gasteiger partial charge in [-0.2, -0.15) is 0 Å². The number of phenols is 1. The minimum absolute atomic E-state index is 0.126. The molecule has 3 rings (SSSR count). The van der Waals surface area contributed by atoms with E-state index in [0.717, 1.165) is 25.1 Å². The molecule has 2 aromatic rings. The molecule has 1 aliphatic heterocycles. The number of rotatable bonds is 4. The lowest BCUT2D eigenvalue weighted by molar-refractivity contribution is 0.0688. The van der Waals surface area contributed by atoms with Crippen LogP contribution >= 0.6 is 0 Å². The number of hydrogen-bond acceptors (Lipinski definition) is 4. The molecule has 1 aliphatic rings. The number of aromatic hydroxyl groups is 1. The Balaban J connectivity index is 1.85. The Labute approximate surface area is 128 Å². The first-order chi connectivity index (χ1) is 10.5. The minimum Gasteiger partial charge on any atom is -0.508 e. The van der Waals surface area contributed by atoms with E-state index in [0.29, 0.717) is 17.5 Å². The molecule has 116 valence electrons. The third kappa shape index (κ3) is 2.77. The second-order valence-electron chi connectivity index (χ2n) is 5.66. The molecule has 0 radical (unpaired) electrons. The number of nitrogens with zero attached hydrogens (tertiary/aromatic N) is 2. The van der Waals surface area contributed by atoms with Gasteiger partial charge in [0, 0.05) is 12.6 Å². The average molecular weight is 302 g/mol. The average Bonchev–Trinajstić information content (AvgIpc) is 2.83. The molecule has 22 heavy (non-hydrogen) atoms. The fraction of sp³-hybridized carbons (Fsp3) is 0.375. The predicted molar refractivity (Wildman–Crippen MR) is 79.1 cm³/mol. The second-order valence-corrected chi connectivity index (χ2v) is 5.66. The van der Waals surface area contributed by atoms with E-state index in [4.69, 9.17) is 4.74 Å². The van der Waals surface area contributed by atoms with Crippen LogP contribution in [0.3, 0.4) is 0 Å². The summed E-state index contributed by atoms with van der Waals surface area (Å²) in [6, 6.07) is 6.50. The van der Waals surface area contributed by atoms with Crippen molar-refractivity contribution in [2.75, 3.05) is 0 Å². The van der Waals surface area contributed by atoms with Crippen LogP contribution in [0.25, 0.3) is 0 Å². The van der Waals surface area contributed by atoms with Gasteiger partial charge in [0.05, 0.1) is 5.69 Å². The number of phenolic OH excluding ortho intramolecular Hbond substituents is 1. The zero-order chi connectivity index (χ0) is 15.7. The van der Waals surface area contributed by atoms with Gasteiger partial charge >= 0.3 is 5.97 Å². The molecule has 1 aromatic heterocycles. The maximum Gasteiger partial charge on any atom is 0.356 e. The summed E-state index contributed by atoms with van der Waals surface area (Å²) in [7, 11) is 0. The van der Waals surface area contributed by atoms with E-state index in [1.54, 1.807) is 18.2 Å². The lowest BCUT2D eigenvalue weighted by atomic mass is 9.97. The normalized spacial score (nSPS) is 17.0. The summed E-state index contributed by atoms with van der Waals surface area (Å²) in [5.74, 6) is 0.729. The zero-order valence-corrected chi connectivity index (χ0v) is 12.3. The number of carboxylic acids is 1. The molecule has 6 heteroatoms. The number of fused-ring (bicyclic) bond motifs is 1. The number of ether oxygens (including phenoxy) is 1. The van der Waals surface area contributed by atoms with E-state index in [2.05, 4.69) is 11.9 Å². The molecule has 0 spiro atoms. The highest BCUT2D eigenvalue weighted by atomic mass is 16.5. The fourth-order valence-electron chi connectivity index (χ4n) is 2.79. The maximum absolute atomic E-state index is 11.4. The van der Waals surface area contributed by atoms with Crippen molar-refractivity contribution < 1.29 is 19.7 Å². The van der Waals surface area contributed by atoms with Gasteiger partial charge in [0.15, 0.2) is 5.69 Å². The number of benzene rings is 1. The molecule has 2 heterocycles. The molecular formula is C16H18N2O4. The van der Waals surface area contributed by atoms with Crippen molar-refractivity contribution in [1.29, 1.82) is 0 Å². The highest BCUT2D eigenvalue weighted by Gasteiger charge is 2.26. The summed E-state index contributed by atoms with van der Waals surface area (Å²) in [4.78, 5) is 15.6. The molecule has 2 N–H and O–H groups in total. The van der Waals surface area contributed by atoms with Gasteiger partial charge in [0.2, 0.25) is 0 Å². The van der Waals surface area contributed by atoms with Crippen LogP contribution in [0.4, 0.5) is 0 Å². The number of aromatic carboxylic acids is 1. The first-order valence-electron chi connectivity index (χ1n) is 7.28. The van der Waals surface area contributed by atoms with Crippen LogP contribution in [0.1, 0.15) is 35.4 Å². The summed E-state index contributed by atoms with van der Waals surface area (Å²) in [6.07, 6.45) is 1.72. The number of carbonyl (C=O) groups is 1. The molecule has 0 bridgehead atoms. The van der Waals surface area contributed by atoms with Gasteiger partial charge in [-0.15, -0.1) is 0 Å². The Bertz CT molecular complexity index is 708. The SMILES string of the molecule is CC1CCn2c(COc3cccc(O)c3)nc(C(=O)O)c2C1. The molecule has 0 amide bonds. The van der Waals surface area contributed by atoms with Crippen molar-refractivity contribution in [3.63, 3.8) is 0 Å². The first-order valence-corrected chi connectivity index (χ1v) is 7.28. The van der Waals surface area contributed by atoms with Crippen molar-refractivity contribution in [1.82, 2.24) is 9.55 Å². The van der Waals surface area contributed by atoms with E-state index >= 15 is 0 Å². The molecule has 0 saturated heterocycles. The van der Waals surface area contributed by atoms with E-state index in [1.165, 1.54) is 6.07 Å². The van der Waals surface area contributed by atoms with Crippen LogP contribution in [0, 0.1) is 5.92 Å². The Morgan fingerprint density at radius 3 is 3.05 bits per heavy atom. The lowest BCUT2D eigenvalue weighted by Crippen LogP contribution is -2.20. The van der Waals surface area contributed by atoms with Crippen LogP contribution in [0.5, 0.6) is 11.5 Å². The Hall–Kier alpha value is -2.50. The molecule has 6 nitrogen and oxygen atoms in total. The quantitative estimate of drug-likeness (QED) is 0.906. The Morgan fingerprint density at radius 1 is 1.50 bits per heavy atom. The van der Waals surface area contributed by atoms with Crippen LogP contribution in [0.2, 0.25) is 0 Å². The first kappa shape index (κ1) is 14.4. The number of imidazole rings is 1. The smallest absolute Gasteiger partial charge is 0.356 e. The summed E-state index contributed by atoms with van der Waals surface area (Å²) in [5, 5.41) is 18.7. The van der Waals surface area contributed by atoms with E-state index in [1.807, 2.05) is 4.57 Å². The van der Waals surface area contributed by atoms with Crippen LogP contribution < -0.4 is 4.74 Å². The largest absolute Gasteiger partial charge is 0.508 e. The van der Waals surface area contributed by atoms with E-state index in [-0.39, 0.29) is 18.1 Å². The van der Waals surface area contributed by atoms with E-state index < -0.39 is 5.97 Å². The van der Waals surface area contributed by atoms with Gasteiger partial charge in [-0.05, 0) is 30.9 Å². The van der Waals surface area contributed by atoms with Gasteiger partial charge in [-0.25, -0.2) is 9.78 Å². The number of hydrogen-bond donors (Lipinski definition) is 2. The van der Waals surface area contributed by atoms with Gasteiger partial charge in [-0.1, -0.05) is 13.0 Å². The maximum atomic E-state index is 11.4. The number of aromatic nitrogens is 2. The third-order valence-electron chi connectivity index (χ3n) is 3.93. The summed E-state index contributed by atoms with van der Waals surface area (Å²) >= 11 is 0. The molecule has 1 atom stereocenters. The second kappa shape index (κ2) is 5.71. The lowest BCUT2D eigenvalue weighted by Gasteiger charge is -2.22. The Morgan fingerprint density at radius 2 is 2.32 bits per heavy atom. The van der Waals surface area contributed by atoms with Crippen molar-refractivity contribution in [2.24, 2.45) is 5.92 Å². The van der Waals surface area contributed by atoms with Crippen LogP contribution in [-0.2, 0) is 19.6 Å². The molecule has 1 unspecified atom stereocenters. The standard InChI is InChI=1S/C16H18N2O4/c1-10-5-6-18-13(7-10)15(16(20)21)17-14(18)9-22-12-4-2-3-11(19)8-12/h2-4,8,10,19H,5-7,9H2,1H3,(H,20,21). The van der Waals surface area contributed by atoms with Crippen molar-refractivity contribution in [3.05, 3.63) is 41.5 Å². The van der Waals surface area contributed by atoms with Crippen molar-refractivity contribution in [3.8, 4) is 11.5 Å². The van der Waals surface area contributed by atoms with Crippen molar-refractivity contribution >= 4 is 5.97 Å². The summed E-state index contributed by atoms with van der Waals surface area (Å²) in [5.41, 5.74) is 0.904. The van der Waals surface area contributed by atoms with Gasteiger partial charge in [0.25, 0.3) is 0 Å². The number of carboxylic acid groups (broad SMARTS) is 1. The highest BCUT2D eigenvalue weighted by Crippen LogP contribution is 2.26. The van der Waals surface area contributed by atoms with Gasteiger partial charge in [-0.3, -0.25) is 0 Å². The van der Waals surface area contributed by atoms with Gasteiger partial charge in [0.1, 0.15) is 23.9 Å². The summed E-state index contributed by atoms with van der Waals surface area (Å²) in [6.45, 7) is 3.05. The summed E-state index contributed by atoms with van der Waals surface area (Å²) < 4.78 is 7.57. The fourth-order valence-corrected chi connectivity index (χ4v) is 2.79. The molecule has 0 fully saturated rings. The van der Waals surface area contributed by atoms with E-state index in [9.17, 15) is 15.0 Å². The van der Waals surface area contributed by atoms with Crippen LogP contribution in [0.15, 0.2) is 24.3 Å². The van der Waals surface area contributed by atoms with Gasteiger partial charge < -0.3 is 19.5 Å². The minimum atomic E-state index is -0.999. The van der Waals surface area contributed by atoms with Crippen LogP contribution in [-0.4, -0.2) is 25.7 Å².